The van der Waals surface area contributed by atoms with Crippen molar-refractivity contribution in [2.45, 2.75) is 18.9 Å². The number of pyridine rings is 2. The zero-order chi connectivity index (χ0) is 23.0. The monoisotopic (exact) mass is 443 g/mol. The van der Waals surface area contributed by atoms with Crippen LogP contribution < -0.4 is 5.32 Å². The smallest absolute Gasteiger partial charge is 0.262 e. The van der Waals surface area contributed by atoms with Crippen molar-refractivity contribution >= 4 is 17.7 Å². The number of rotatable bonds is 5. The van der Waals surface area contributed by atoms with Crippen molar-refractivity contribution in [1.29, 1.82) is 0 Å². The number of hydrogen-bond acceptors (Lipinski definition) is 9. The maximum Gasteiger partial charge on any atom is 0.262 e. The topological polar surface area (TPSA) is 130 Å². The highest BCUT2D eigenvalue weighted by Gasteiger charge is 2.48. The van der Waals surface area contributed by atoms with Gasteiger partial charge in [0, 0.05) is 38.0 Å². The number of aromatic nitrogens is 5. The molecule has 5 heterocycles. The maximum absolute atomic E-state index is 12.3. The van der Waals surface area contributed by atoms with Gasteiger partial charge in [-0.2, -0.15) is 0 Å². The molecule has 1 atom stereocenters. The number of nitrogens with zero attached hydrogens (tertiary/aromatic N) is 6. The van der Waals surface area contributed by atoms with Crippen LogP contribution in [0.4, 0.5) is 11.8 Å². The summed E-state index contributed by atoms with van der Waals surface area (Å²) in [6, 6.07) is 14.4. The van der Waals surface area contributed by atoms with Crippen molar-refractivity contribution in [2.24, 2.45) is 0 Å². The second-order valence-corrected chi connectivity index (χ2v) is 7.88. The standard InChI is InChI=1S/C23H21N7O3/c1-14-5-3-8-20(25-14)28-22-24-11-9-17(27-22)15-6-4-7-16(26-15)18-13-19(33-29-18)23(32)10-12-30(2)21(23)31/h3-9,11,13,32H,10,12H2,1-2H3,(H,24,25,27,28). The van der Waals surface area contributed by atoms with Crippen LogP contribution in [-0.4, -0.2) is 54.6 Å². The number of likely N-dealkylation sites (tertiary alicyclic amines) is 1. The summed E-state index contributed by atoms with van der Waals surface area (Å²) in [6.45, 7) is 2.36. The number of anilines is 2. The first kappa shape index (κ1) is 20.7. The quantitative estimate of drug-likeness (QED) is 0.478. The van der Waals surface area contributed by atoms with E-state index in [0.717, 1.165) is 5.69 Å². The molecule has 1 unspecified atom stereocenters. The number of amides is 1. The SMILES string of the molecule is Cc1cccc(Nc2nccc(-c3cccc(-c4cc(C5(O)CCN(C)C5=O)on4)n3)n2)n1. The van der Waals surface area contributed by atoms with E-state index >= 15 is 0 Å². The van der Waals surface area contributed by atoms with Gasteiger partial charge in [0.25, 0.3) is 5.91 Å². The van der Waals surface area contributed by atoms with E-state index in [1.807, 2.05) is 37.3 Å². The van der Waals surface area contributed by atoms with Crippen molar-refractivity contribution in [3.63, 3.8) is 0 Å². The number of aryl methyl sites for hydroxylation is 1. The van der Waals surface area contributed by atoms with Gasteiger partial charge >= 0.3 is 0 Å². The first-order valence-electron chi connectivity index (χ1n) is 10.4. The number of hydrogen-bond donors (Lipinski definition) is 2. The highest BCUT2D eigenvalue weighted by Crippen LogP contribution is 2.34. The molecule has 1 aliphatic rings. The molecule has 0 aromatic carbocycles. The number of nitrogens with one attached hydrogen (secondary N) is 1. The largest absolute Gasteiger partial charge is 0.373 e. The second kappa shape index (κ2) is 8.06. The Labute approximate surface area is 189 Å². The van der Waals surface area contributed by atoms with E-state index in [1.54, 1.807) is 31.4 Å². The first-order chi connectivity index (χ1) is 15.9. The van der Waals surface area contributed by atoms with Gasteiger partial charge in [0.2, 0.25) is 11.5 Å². The number of carbonyl (C=O) groups excluding carboxylic acids is 1. The molecule has 1 fully saturated rings. The second-order valence-electron chi connectivity index (χ2n) is 7.88. The third kappa shape index (κ3) is 3.92. The van der Waals surface area contributed by atoms with Gasteiger partial charge < -0.3 is 19.8 Å². The molecule has 10 nitrogen and oxygen atoms in total. The van der Waals surface area contributed by atoms with Gasteiger partial charge in [-0.3, -0.25) is 4.79 Å². The van der Waals surface area contributed by atoms with Crippen LogP contribution in [0.3, 0.4) is 0 Å². The number of carbonyl (C=O) groups is 1. The predicted octanol–water partition coefficient (Wildman–Crippen LogP) is 2.69. The minimum atomic E-state index is -1.70. The first-order valence-corrected chi connectivity index (χ1v) is 10.4. The third-order valence-corrected chi connectivity index (χ3v) is 5.49. The molecule has 166 valence electrons. The molecule has 10 heteroatoms. The molecular formula is C23H21N7O3. The molecule has 5 rings (SSSR count). The van der Waals surface area contributed by atoms with Crippen LogP contribution in [0, 0.1) is 6.92 Å². The van der Waals surface area contributed by atoms with Crippen LogP contribution in [0.15, 0.2) is 59.3 Å². The summed E-state index contributed by atoms with van der Waals surface area (Å²) in [5, 5.41) is 17.9. The van der Waals surface area contributed by atoms with E-state index < -0.39 is 11.5 Å². The molecule has 33 heavy (non-hydrogen) atoms. The van der Waals surface area contributed by atoms with Gasteiger partial charge in [-0.05, 0) is 37.3 Å². The Morgan fingerprint density at radius 3 is 2.55 bits per heavy atom. The van der Waals surface area contributed by atoms with Gasteiger partial charge in [-0.1, -0.05) is 17.3 Å². The lowest BCUT2D eigenvalue weighted by molar-refractivity contribution is -0.144. The summed E-state index contributed by atoms with van der Waals surface area (Å²) in [6.07, 6.45) is 1.89. The van der Waals surface area contributed by atoms with Crippen molar-refractivity contribution < 1.29 is 14.4 Å². The van der Waals surface area contributed by atoms with Crippen molar-refractivity contribution in [2.75, 3.05) is 18.9 Å². The average molecular weight is 443 g/mol. The van der Waals surface area contributed by atoms with Gasteiger partial charge in [0.1, 0.15) is 11.5 Å². The molecule has 1 saturated heterocycles. The van der Waals surface area contributed by atoms with E-state index in [9.17, 15) is 9.90 Å². The van der Waals surface area contributed by atoms with Crippen LogP contribution >= 0.6 is 0 Å². The Kier molecular flexibility index (Phi) is 5.06. The summed E-state index contributed by atoms with van der Waals surface area (Å²) in [7, 11) is 1.64. The molecule has 0 radical (unpaired) electrons. The van der Waals surface area contributed by atoms with Gasteiger partial charge in [-0.15, -0.1) is 0 Å². The fourth-order valence-electron chi connectivity index (χ4n) is 3.68. The van der Waals surface area contributed by atoms with Crippen LogP contribution in [0.25, 0.3) is 22.8 Å². The van der Waals surface area contributed by atoms with Crippen molar-refractivity contribution in [1.82, 2.24) is 30.0 Å². The Balaban J connectivity index is 1.42. The Hall–Kier alpha value is -4.18. The molecular weight excluding hydrogens is 422 g/mol. The lowest BCUT2D eigenvalue weighted by Crippen LogP contribution is -2.35. The minimum absolute atomic E-state index is 0.109. The van der Waals surface area contributed by atoms with Crippen molar-refractivity contribution in [3.8, 4) is 22.8 Å². The highest BCUT2D eigenvalue weighted by molar-refractivity contribution is 5.87. The fourth-order valence-corrected chi connectivity index (χ4v) is 3.68. The maximum atomic E-state index is 12.3. The van der Waals surface area contributed by atoms with E-state index in [1.165, 1.54) is 4.90 Å². The Morgan fingerprint density at radius 2 is 1.79 bits per heavy atom. The molecule has 0 spiro atoms. The van der Waals surface area contributed by atoms with Gasteiger partial charge in [-0.25, -0.2) is 19.9 Å². The van der Waals surface area contributed by atoms with Gasteiger partial charge in [0.05, 0.1) is 17.1 Å². The highest BCUT2D eigenvalue weighted by atomic mass is 16.5. The Bertz CT molecular complexity index is 1340. The van der Waals surface area contributed by atoms with E-state index in [2.05, 4.69) is 30.4 Å². The molecule has 4 aromatic rings. The average Bonchev–Trinajstić information content (AvgIpc) is 3.42. The van der Waals surface area contributed by atoms with Crippen molar-refractivity contribution in [3.05, 3.63) is 66.2 Å². The van der Waals surface area contributed by atoms with Gasteiger partial charge in [0.15, 0.2) is 5.76 Å². The normalized spacial score (nSPS) is 18.0. The zero-order valence-electron chi connectivity index (χ0n) is 18.1. The molecule has 0 saturated carbocycles. The minimum Gasteiger partial charge on any atom is -0.373 e. The lowest BCUT2D eigenvalue weighted by Gasteiger charge is -2.16. The number of likely N-dealkylation sites (N-methyl/N-ethyl adjacent to an activating group) is 1. The lowest BCUT2D eigenvalue weighted by atomic mass is 9.98. The summed E-state index contributed by atoms with van der Waals surface area (Å²) in [5.74, 6) is 0.746. The van der Waals surface area contributed by atoms with E-state index in [-0.39, 0.29) is 12.2 Å². The molecule has 1 amide bonds. The summed E-state index contributed by atoms with van der Waals surface area (Å²) in [4.78, 5) is 31.6. The van der Waals surface area contributed by atoms with E-state index in [0.29, 0.717) is 41.1 Å². The molecule has 4 aromatic heterocycles. The fraction of sp³-hybridized carbons (Fsp3) is 0.217. The third-order valence-electron chi connectivity index (χ3n) is 5.49. The number of aliphatic hydroxyl groups is 1. The van der Waals surface area contributed by atoms with Crippen LogP contribution in [-0.2, 0) is 10.4 Å². The zero-order valence-corrected chi connectivity index (χ0v) is 18.1. The van der Waals surface area contributed by atoms with Crippen LogP contribution in [0.5, 0.6) is 0 Å². The van der Waals surface area contributed by atoms with Crippen LogP contribution in [0.2, 0.25) is 0 Å². The Morgan fingerprint density at radius 1 is 1.03 bits per heavy atom. The molecule has 2 N–H and O–H groups in total. The molecule has 0 bridgehead atoms. The molecule has 0 aliphatic carbocycles. The predicted molar refractivity (Wildman–Crippen MR) is 119 cm³/mol. The molecule has 1 aliphatic heterocycles. The van der Waals surface area contributed by atoms with Crippen LogP contribution in [0.1, 0.15) is 17.9 Å². The summed E-state index contributed by atoms with van der Waals surface area (Å²) in [5.41, 5.74) is 1.34. The summed E-state index contributed by atoms with van der Waals surface area (Å²) >= 11 is 0. The van der Waals surface area contributed by atoms with E-state index in [4.69, 9.17) is 4.52 Å². The summed E-state index contributed by atoms with van der Waals surface area (Å²) < 4.78 is 5.34.